The fourth-order valence-corrected chi connectivity index (χ4v) is 4.68. The summed E-state index contributed by atoms with van der Waals surface area (Å²) in [5.41, 5.74) is 7.08. The lowest BCUT2D eigenvalue weighted by atomic mass is 10.1. The van der Waals surface area contributed by atoms with E-state index in [0.717, 1.165) is 27.9 Å². The van der Waals surface area contributed by atoms with Crippen molar-refractivity contribution >= 4 is 27.6 Å². The molecule has 0 spiro atoms. The molecule has 1 heterocycles. The molecule has 0 atom stereocenters. The largest absolute Gasteiger partial charge is 0.295 e. The van der Waals surface area contributed by atoms with Gasteiger partial charge in [0.1, 0.15) is 0 Å². The zero-order valence-electron chi connectivity index (χ0n) is 20.4. The predicted molar refractivity (Wildman–Crippen MR) is 141 cm³/mol. The van der Waals surface area contributed by atoms with Gasteiger partial charge in [-0.2, -0.15) is 0 Å². The van der Waals surface area contributed by atoms with Gasteiger partial charge >= 0.3 is 0 Å². The maximum Gasteiger partial charge on any atom is 0.280 e. The van der Waals surface area contributed by atoms with Gasteiger partial charge in [-0.05, 0) is 105 Å². The van der Waals surface area contributed by atoms with Gasteiger partial charge in [0.2, 0.25) is 0 Å². The van der Waals surface area contributed by atoms with Crippen molar-refractivity contribution in [2.75, 3.05) is 4.72 Å². The summed E-state index contributed by atoms with van der Waals surface area (Å²) in [5.74, 6) is 0. The molecule has 2 N–H and O–H groups in total. The fraction of sp³-hybridized carbons (Fsp3) is 0.185. The molecule has 0 amide bonds. The van der Waals surface area contributed by atoms with Crippen LogP contribution in [0.25, 0.3) is 5.69 Å². The number of hydrogen-bond donors (Lipinski definition) is 2. The van der Waals surface area contributed by atoms with Crippen LogP contribution in [0.3, 0.4) is 0 Å². The maximum absolute atomic E-state index is 13.0. The van der Waals surface area contributed by atoms with Crippen molar-refractivity contribution < 1.29 is 8.42 Å². The number of aliphatic imine (C=N–C) groups is 1. The Bertz CT molecular complexity index is 1590. The average molecular weight is 489 g/mol. The Morgan fingerprint density at radius 2 is 1.46 bits per heavy atom. The van der Waals surface area contributed by atoms with Crippen LogP contribution in [0.2, 0.25) is 0 Å². The van der Waals surface area contributed by atoms with Crippen LogP contribution in [0.5, 0.6) is 0 Å². The molecule has 180 valence electrons. The fourth-order valence-electron chi connectivity index (χ4n) is 3.63. The Kier molecular flexibility index (Phi) is 6.49. The number of anilines is 1. The molecular formula is C27H28N4O3S. The molecule has 35 heavy (non-hydrogen) atoms. The Morgan fingerprint density at radius 3 is 2.09 bits per heavy atom. The van der Waals surface area contributed by atoms with Gasteiger partial charge in [0, 0.05) is 17.6 Å². The number of aromatic amines is 1. The standard InChI is InChI=1S/C27H28N4O3S/c1-17-6-8-23(14-19(17)3)30-35(33,34)25-12-9-22(10-13-25)28-16-26-21(5)29-31(27(26)32)24-11-7-18(2)20(4)15-24/h6-16,29-30H,1-5H3. The van der Waals surface area contributed by atoms with E-state index < -0.39 is 10.0 Å². The third-order valence-corrected chi connectivity index (χ3v) is 7.51. The van der Waals surface area contributed by atoms with Gasteiger partial charge in [0.05, 0.1) is 21.8 Å². The van der Waals surface area contributed by atoms with Gasteiger partial charge in [-0.1, -0.05) is 12.1 Å². The first-order valence-electron chi connectivity index (χ1n) is 11.2. The van der Waals surface area contributed by atoms with Crippen LogP contribution in [-0.4, -0.2) is 24.4 Å². The van der Waals surface area contributed by atoms with Gasteiger partial charge < -0.3 is 0 Å². The number of aromatic nitrogens is 2. The number of nitrogens with one attached hydrogen (secondary N) is 2. The molecule has 8 heteroatoms. The van der Waals surface area contributed by atoms with Crippen LogP contribution in [0, 0.1) is 34.6 Å². The number of aryl methyl sites for hydroxylation is 5. The van der Waals surface area contributed by atoms with E-state index in [9.17, 15) is 13.2 Å². The molecule has 0 aliphatic carbocycles. The van der Waals surface area contributed by atoms with Crippen LogP contribution in [0.1, 0.15) is 33.5 Å². The average Bonchev–Trinajstić information content (AvgIpc) is 3.10. The van der Waals surface area contributed by atoms with Crippen molar-refractivity contribution in [2.24, 2.45) is 4.99 Å². The van der Waals surface area contributed by atoms with Gasteiger partial charge in [0.15, 0.2) is 0 Å². The number of H-pyrrole nitrogens is 1. The zero-order chi connectivity index (χ0) is 25.3. The molecule has 7 nitrogen and oxygen atoms in total. The molecule has 0 radical (unpaired) electrons. The molecule has 0 saturated carbocycles. The minimum atomic E-state index is -3.73. The lowest BCUT2D eigenvalue weighted by Gasteiger charge is -2.10. The van der Waals surface area contributed by atoms with Crippen LogP contribution >= 0.6 is 0 Å². The third-order valence-electron chi connectivity index (χ3n) is 6.11. The number of benzene rings is 3. The van der Waals surface area contributed by atoms with Gasteiger partial charge in [-0.25, -0.2) is 13.1 Å². The van der Waals surface area contributed by atoms with Gasteiger partial charge in [-0.3, -0.25) is 19.6 Å². The molecule has 3 aromatic carbocycles. The van der Waals surface area contributed by atoms with Crippen molar-refractivity contribution in [1.29, 1.82) is 0 Å². The van der Waals surface area contributed by atoms with E-state index in [-0.39, 0.29) is 10.5 Å². The Labute approximate surface area is 205 Å². The molecule has 0 aliphatic heterocycles. The molecule has 4 aromatic rings. The number of rotatable bonds is 6. The highest BCUT2D eigenvalue weighted by Crippen LogP contribution is 2.21. The molecule has 0 unspecified atom stereocenters. The summed E-state index contributed by atoms with van der Waals surface area (Å²) in [6, 6.07) is 17.4. The minimum Gasteiger partial charge on any atom is -0.295 e. The normalized spacial score (nSPS) is 11.8. The van der Waals surface area contributed by atoms with E-state index in [0.29, 0.717) is 22.6 Å². The van der Waals surface area contributed by atoms with Crippen LogP contribution in [0.15, 0.2) is 75.3 Å². The monoisotopic (exact) mass is 488 g/mol. The summed E-state index contributed by atoms with van der Waals surface area (Å²) in [6.07, 6.45) is 1.50. The summed E-state index contributed by atoms with van der Waals surface area (Å²) < 4.78 is 29.6. The molecular weight excluding hydrogens is 460 g/mol. The maximum atomic E-state index is 13.0. The quantitative estimate of drug-likeness (QED) is 0.362. The summed E-state index contributed by atoms with van der Waals surface area (Å²) in [7, 11) is -3.73. The first-order chi connectivity index (χ1) is 16.5. The van der Waals surface area contributed by atoms with Gasteiger partial charge in [0.25, 0.3) is 15.6 Å². The summed E-state index contributed by atoms with van der Waals surface area (Å²) in [5, 5.41) is 3.10. The van der Waals surface area contributed by atoms with E-state index in [4.69, 9.17) is 0 Å². The van der Waals surface area contributed by atoms with Gasteiger partial charge in [-0.15, -0.1) is 0 Å². The number of sulfonamides is 1. The van der Waals surface area contributed by atoms with E-state index in [1.807, 2.05) is 58.9 Å². The topological polar surface area (TPSA) is 96.3 Å². The lowest BCUT2D eigenvalue weighted by Crippen LogP contribution is -2.17. The Balaban J connectivity index is 1.55. The molecule has 1 aromatic heterocycles. The molecule has 0 bridgehead atoms. The smallest absolute Gasteiger partial charge is 0.280 e. The van der Waals surface area contributed by atoms with E-state index in [2.05, 4.69) is 14.8 Å². The molecule has 4 rings (SSSR count). The zero-order valence-corrected chi connectivity index (χ0v) is 21.2. The predicted octanol–water partition coefficient (Wildman–Crippen LogP) is 5.26. The molecule has 0 aliphatic rings. The van der Waals surface area contributed by atoms with E-state index in [1.165, 1.54) is 23.0 Å². The highest BCUT2D eigenvalue weighted by atomic mass is 32.2. The Hall–Kier alpha value is -3.91. The van der Waals surface area contributed by atoms with Crippen molar-refractivity contribution in [1.82, 2.24) is 9.78 Å². The first-order valence-corrected chi connectivity index (χ1v) is 12.7. The summed E-state index contributed by atoms with van der Waals surface area (Å²) in [6.45, 7) is 9.75. The van der Waals surface area contributed by atoms with Crippen molar-refractivity contribution in [3.05, 3.63) is 105 Å². The van der Waals surface area contributed by atoms with Crippen molar-refractivity contribution in [3.8, 4) is 5.69 Å². The van der Waals surface area contributed by atoms with Crippen LogP contribution in [0.4, 0.5) is 11.4 Å². The van der Waals surface area contributed by atoms with Crippen LogP contribution < -0.4 is 10.3 Å². The first kappa shape index (κ1) is 24.2. The summed E-state index contributed by atoms with van der Waals surface area (Å²) in [4.78, 5) is 17.5. The second kappa shape index (κ2) is 9.38. The van der Waals surface area contributed by atoms with Crippen molar-refractivity contribution in [3.63, 3.8) is 0 Å². The second-order valence-electron chi connectivity index (χ2n) is 8.72. The van der Waals surface area contributed by atoms with Crippen LogP contribution in [-0.2, 0) is 10.0 Å². The second-order valence-corrected chi connectivity index (χ2v) is 10.4. The lowest BCUT2D eigenvalue weighted by molar-refractivity contribution is 0.601. The molecule has 0 fully saturated rings. The van der Waals surface area contributed by atoms with E-state index in [1.54, 1.807) is 24.3 Å². The van der Waals surface area contributed by atoms with E-state index >= 15 is 0 Å². The highest BCUT2D eigenvalue weighted by molar-refractivity contribution is 7.92. The number of hydrogen-bond acceptors (Lipinski definition) is 4. The van der Waals surface area contributed by atoms with Crippen molar-refractivity contribution in [2.45, 2.75) is 39.5 Å². The minimum absolute atomic E-state index is 0.129. The highest BCUT2D eigenvalue weighted by Gasteiger charge is 2.15. The Morgan fingerprint density at radius 1 is 0.829 bits per heavy atom. The number of nitrogens with zero attached hydrogens (tertiary/aromatic N) is 2. The molecule has 0 saturated heterocycles. The SMILES string of the molecule is Cc1ccc(NS(=O)(=O)c2ccc(N=Cc3c(C)[nH]n(-c4ccc(C)c(C)c4)c3=O)cc2)cc1C. The third kappa shape index (κ3) is 5.12. The summed E-state index contributed by atoms with van der Waals surface area (Å²) >= 11 is 0.